The molecule has 0 amide bonds. The lowest BCUT2D eigenvalue weighted by molar-refractivity contribution is 0.609. The van der Waals surface area contributed by atoms with Gasteiger partial charge in [-0.1, -0.05) is 36.4 Å². The maximum atomic E-state index is 10.8. The van der Waals surface area contributed by atoms with Crippen molar-refractivity contribution < 1.29 is 8.42 Å². The molecule has 0 aliphatic heterocycles. The Kier molecular flexibility index (Phi) is 4.05. The van der Waals surface area contributed by atoms with Gasteiger partial charge in [0.1, 0.15) is 0 Å². The van der Waals surface area contributed by atoms with Crippen LogP contribution < -0.4 is 5.73 Å². The van der Waals surface area contributed by atoms with E-state index in [-0.39, 0.29) is 6.04 Å². The van der Waals surface area contributed by atoms with Crippen molar-refractivity contribution in [2.24, 2.45) is 5.73 Å². The second-order valence-electron chi connectivity index (χ2n) is 3.51. The van der Waals surface area contributed by atoms with Crippen LogP contribution in [0.5, 0.6) is 0 Å². The molecule has 0 spiro atoms. The van der Waals surface area contributed by atoms with E-state index in [9.17, 15) is 8.42 Å². The summed E-state index contributed by atoms with van der Waals surface area (Å²) < 4.78 is 21.7. The van der Waals surface area contributed by atoms with E-state index in [1.807, 2.05) is 30.3 Å². The molecule has 1 aromatic rings. The smallest absolute Gasteiger partial charge is 0.168 e. The topological polar surface area (TPSA) is 60.2 Å². The molecule has 3 nitrogen and oxygen atoms in total. The Morgan fingerprint density at radius 1 is 1.33 bits per heavy atom. The molecular formula is C11H15NO2S. The van der Waals surface area contributed by atoms with E-state index in [0.717, 1.165) is 17.2 Å². The van der Waals surface area contributed by atoms with Crippen LogP contribution >= 0.6 is 0 Å². The third-order valence-electron chi connectivity index (χ3n) is 1.89. The zero-order chi connectivity index (χ0) is 11.3. The highest BCUT2D eigenvalue weighted by Crippen LogP contribution is 2.02. The molecule has 0 saturated heterocycles. The number of hydrogen-bond donors (Lipinski definition) is 1. The zero-order valence-corrected chi connectivity index (χ0v) is 9.44. The molecule has 82 valence electrons. The molecule has 0 radical (unpaired) electrons. The quantitative estimate of drug-likeness (QED) is 0.835. The first-order valence-electron chi connectivity index (χ1n) is 4.65. The summed E-state index contributed by atoms with van der Waals surface area (Å²) in [7, 11) is -3.07. The van der Waals surface area contributed by atoms with Crippen molar-refractivity contribution in [3.8, 4) is 0 Å². The average Bonchev–Trinajstić information content (AvgIpc) is 2.15. The fraction of sp³-hybridized carbons (Fsp3) is 0.273. The third-order valence-corrected chi connectivity index (χ3v) is 2.54. The zero-order valence-electron chi connectivity index (χ0n) is 8.63. The fourth-order valence-electron chi connectivity index (χ4n) is 1.20. The lowest BCUT2D eigenvalue weighted by atomic mass is 10.1. The summed E-state index contributed by atoms with van der Waals surface area (Å²) in [5, 5.41) is 1.15. The standard InChI is InChI=1S/C11H15NO2S/c1-15(13,14)8-7-11(12)9-10-5-3-2-4-6-10/h2-8,11H,9,12H2,1H3/t11-/m1/s1. The molecule has 0 bridgehead atoms. The van der Waals surface area contributed by atoms with Gasteiger partial charge in [0, 0.05) is 17.7 Å². The number of hydrogen-bond acceptors (Lipinski definition) is 3. The second-order valence-corrected chi connectivity index (χ2v) is 5.44. The van der Waals surface area contributed by atoms with Crippen molar-refractivity contribution in [1.29, 1.82) is 0 Å². The summed E-state index contributed by atoms with van der Waals surface area (Å²) in [6.07, 6.45) is 3.31. The number of rotatable bonds is 4. The van der Waals surface area contributed by atoms with Gasteiger partial charge in [0.2, 0.25) is 0 Å². The molecule has 0 aliphatic carbocycles. The minimum Gasteiger partial charge on any atom is -0.324 e. The maximum Gasteiger partial charge on any atom is 0.168 e. The van der Waals surface area contributed by atoms with Gasteiger partial charge in [-0.15, -0.1) is 0 Å². The highest BCUT2D eigenvalue weighted by Gasteiger charge is 2.01. The van der Waals surface area contributed by atoms with Gasteiger partial charge in [0.05, 0.1) is 0 Å². The summed E-state index contributed by atoms with van der Waals surface area (Å²) >= 11 is 0. The van der Waals surface area contributed by atoms with E-state index in [2.05, 4.69) is 0 Å². The van der Waals surface area contributed by atoms with Gasteiger partial charge in [-0.25, -0.2) is 8.42 Å². The van der Waals surface area contributed by atoms with Crippen molar-refractivity contribution in [1.82, 2.24) is 0 Å². The van der Waals surface area contributed by atoms with Gasteiger partial charge in [0.25, 0.3) is 0 Å². The predicted octanol–water partition coefficient (Wildman–Crippen LogP) is 1.11. The molecule has 0 saturated carbocycles. The minimum absolute atomic E-state index is 0.262. The van der Waals surface area contributed by atoms with Crippen LogP contribution in [0.25, 0.3) is 0 Å². The fourth-order valence-corrected chi connectivity index (χ4v) is 1.69. The van der Waals surface area contributed by atoms with E-state index in [1.54, 1.807) is 0 Å². The number of nitrogens with two attached hydrogens (primary N) is 1. The van der Waals surface area contributed by atoms with E-state index in [1.165, 1.54) is 6.08 Å². The minimum atomic E-state index is -3.07. The molecule has 0 heterocycles. The molecule has 0 unspecified atom stereocenters. The van der Waals surface area contributed by atoms with Crippen LogP contribution in [-0.2, 0) is 16.3 Å². The Morgan fingerprint density at radius 3 is 2.47 bits per heavy atom. The first kappa shape index (κ1) is 11.9. The lowest BCUT2D eigenvalue weighted by Crippen LogP contribution is -2.20. The van der Waals surface area contributed by atoms with Gasteiger partial charge in [-0.2, -0.15) is 0 Å². The molecule has 15 heavy (non-hydrogen) atoms. The van der Waals surface area contributed by atoms with Crippen LogP contribution in [0.3, 0.4) is 0 Å². The Hall–Kier alpha value is -1.13. The Morgan fingerprint density at radius 2 is 1.93 bits per heavy atom. The van der Waals surface area contributed by atoms with Gasteiger partial charge >= 0.3 is 0 Å². The molecule has 0 fully saturated rings. The SMILES string of the molecule is CS(=O)(=O)C=C[C@@H](N)Cc1ccccc1. The summed E-state index contributed by atoms with van der Waals surface area (Å²) in [6, 6.07) is 9.47. The monoisotopic (exact) mass is 225 g/mol. The second kappa shape index (κ2) is 5.09. The van der Waals surface area contributed by atoms with Crippen molar-refractivity contribution in [3.05, 3.63) is 47.4 Å². The van der Waals surface area contributed by atoms with E-state index >= 15 is 0 Å². The summed E-state index contributed by atoms with van der Waals surface area (Å²) in [6.45, 7) is 0. The lowest BCUT2D eigenvalue weighted by Gasteiger charge is -2.05. The van der Waals surface area contributed by atoms with Crippen LogP contribution in [-0.4, -0.2) is 20.7 Å². The summed E-state index contributed by atoms with van der Waals surface area (Å²) in [4.78, 5) is 0. The normalized spacial score (nSPS) is 14.3. The molecule has 0 aliphatic rings. The van der Waals surface area contributed by atoms with Crippen LogP contribution in [0.1, 0.15) is 5.56 Å². The Labute approximate surface area is 90.5 Å². The van der Waals surface area contributed by atoms with Gasteiger partial charge in [-0.05, 0) is 12.0 Å². The molecule has 1 aromatic carbocycles. The van der Waals surface area contributed by atoms with Crippen LogP contribution in [0.15, 0.2) is 41.8 Å². The van der Waals surface area contributed by atoms with Crippen molar-refractivity contribution in [2.75, 3.05) is 6.26 Å². The first-order chi connectivity index (χ1) is 6.97. The van der Waals surface area contributed by atoms with E-state index in [4.69, 9.17) is 5.73 Å². The predicted molar refractivity (Wildman–Crippen MR) is 62.1 cm³/mol. The molecule has 2 N–H and O–H groups in total. The van der Waals surface area contributed by atoms with E-state index in [0.29, 0.717) is 6.42 Å². The van der Waals surface area contributed by atoms with Gasteiger partial charge in [0.15, 0.2) is 9.84 Å². The average molecular weight is 225 g/mol. The molecular weight excluding hydrogens is 210 g/mol. The van der Waals surface area contributed by atoms with Gasteiger partial charge in [-0.3, -0.25) is 0 Å². The Bertz CT molecular complexity index is 423. The van der Waals surface area contributed by atoms with Crippen molar-refractivity contribution in [3.63, 3.8) is 0 Å². The van der Waals surface area contributed by atoms with Crippen LogP contribution in [0.2, 0.25) is 0 Å². The number of sulfone groups is 1. The van der Waals surface area contributed by atoms with Crippen molar-refractivity contribution in [2.45, 2.75) is 12.5 Å². The third kappa shape index (κ3) is 5.34. The molecule has 1 atom stereocenters. The summed E-state index contributed by atoms with van der Waals surface area (Å²) in [5.41, 5.74) is 6.86. The van der Waals surface area contributed by atoms with Gasteiger partial charge < -0.3 is 5.73 Å². The highest BCUT2D eigenvalue weighted by atomic mass is 32.2. The Balaban J connectivity index is 2.58. The van der Waals surface area contributed by atoms with Crippen molar-refractivity contribution >= 4 is 9.84 Å². The van der Waals surface area contributed by atoms with Crippen LogP contribution in [0.4, 0.5) is 0 Å². The highest BCUT2D eigenvalue weighted by molar-refractivity contribution is 7.93. The van der Waals surface area contributed by atoms with Crippen LogP contribution in [0, 0.1) is 0 Å². The maximum absolute atomic E-state index is 10.8. The molecule has 0 aromatic heterocycles. The molecule has 1 rings (SSSR count). The first-order valence-corrected chi connectivity index (χ1v) is 6.60. The number of benzene rings is 1. The largest absolute Gasteiger partial charge is 0.324 e. The van der Waals surface area contributed by atoms with E-state index < -0.39 is 9.84 Å². The molecule has 4 heteroatoms. The summed E-state index contributed by atoms with van der Waals surface area (Å²) in [5.74, 6) is 0.